The van der Waals surface area contributed by atoms with Gasteiger partial charge in [-0.2, -0.15) is 0 Å². The van der Waals surface area contributed by atoms with Gasteiger partial charge in [0, 0.05) is 24.7 Å². The van der Waals surface area contributed by atoms with E-state index in [9.17, 15) is 5.11 Å². The number of aliphatic hydroxyl groups excluding tert-OH is 2. The number of hydrogen-bond donors (Lipinski definition) is 4. The Balaban J connectivity index is 0.00000256. The number of nitrogens with one attached hydrogen (secondary N) is 2. The summed E-state index contributed by atoms with van der Waals surface area (Å²) < 4.78 is 0. The molecule has 0 aromatic carbocycles. The maximum Gasteiger partial charge on any atom is 0.0613 e. The summed E-state index contributed by atoms with van der Waals surface area (Å²) in [7, 11) is 0. The van der Waals surface area contributed by atoms with Crippen molar-refractivity contribution in [2.24, 2.45) is 0 Å². The molecule has 0 spiro atoms. The first-order valence-corrected chi connectivity index (χ1v) is 6.46. The predicted molar refractivity (Wildman–Crippen MR) is 72.7 cm³/mol. The van der Waals surface area contributed by atoms with E-state index in [4.69, 9.17) is 5.11 Å². The van der Waals surface area contributed by atoms with E-state index in [2.05, 4.69) is 17.6 Å². The number of aliphatic hydroxyl groups is 2. The lowest BCUT2D eigenvalue weighted by atomic mass is 9.99. The Morgan fingerprint density at radius 3 is 2.29 bits per heavy atom. The minimum absolute atomic E-state index is 0. The van der Waals surface area contributed by atoms with Crippen molar-refractivity contribution in [1.82, 2.24) is 10.6 Å². The number of hydrogen-bond acceptors (Lipinski definition) is 4. The third kappa shape index (κ3) is 5.53. The zero-order valence-electron chi connectivity index (χ0n) is 10.7. The van der Waals surface area contributed by atoms with Crippen LogP contribution in [0.25, 0.3) is 0 Å². The van der Waals surface area contributed by atoms with Crippen molar-refractivity contribution in [3.05, 3.63) is 0 Å². The van der Waals surface area contributed by atoms with Crippen molar-refractivity contribution < 1.29 is 10.2 Å². The van der Waals surface area contributed by atoms with Gasteiger partial charge in [-0.15, -0.1) is 12.4 Å². The molecule has 0 aromatic heterocycles. The topological polar surface area (TPSA) is 64.5 Å². The fourth-order valence-electron chi connectivity index (χ4n) is 2.38. The van der Waals surface area contributed by atoms with Crippen LogP contribution in [0.1, 0.15) is 39.0 Å². The minimum atomic E-state index is -0.0252. The molecular formula is C12H27ClN2O2. The van der Waals surface area contributed by atoms with Crippen LogP contribution in [0.4, 0.5) is 0 Å². The highest BCUT2D eigenvalue weighted by Crippen LogP contribution is 2.28. The van der Waals surface area contributed by atoms with Gasteiger partial charge in [0.05, 0.1) is 13.2 Å². The van der Waals surface area contributed by atoms with Crippen LogP contribution < -0.4 is 10.6 Å². The van der Waals surface area contributed by atoms with Crippen LogP contribution in [-0.2, 0) is 0 Å². The molecule has 1 atom stereocenters. The highest BCUT2D eigenvalue weighted by atomic mass is 35.5. The van der Waals surface area contributed by atoms with Gasteiger partial charge in [-0.3, -0.25) is 0 Å². The third-order valence-electron chi connectivity index (χ3n) is 3.63. The fraction of sp³-hybridized carbons (Fsp3) is 1.00. The second kappa shape index (κ2) is 9.11. The first-order chi connectivity index (χ1) is 7.76. The normalized spacial score (nSPS) is 19.9. The van der Waals surface area contributed by atoms with Crippen molar-refractivity contribution in [3.8, 4) is 0 Å². The van der Waals surface area contributed by atoms with Crippen LogP contribution >= 0.6 is 12.4 Å². The van der Waals surface area contributed by atoms with Gasteiger partial charge in [-0.05, 0) is 19.3 Å². The minimum Gasteiger partial charge on any atom is -0.395 e. The zero-order valence-corrected chi connectivity index (χ0v) is 11.6. The van der Waals surface area contributed by atoms with Crippen LogP contribution in [-0.4, -0.2) is 48.1 Å². The van der Waals surface area contributed by atoms with Gasteiger partial charge in [0.1, 0.15) is 0 Å². The van der Waals surface area contributed by atoms with E-state index in [-0.39, 0.29) is 37.2 Å². The molecule has 0 unspecified atom stereocenters. The summed E-state index contributed by atoms with van der Waals surface area (Å²) in [5.41, 5.74) is -0.0252. The van der Waals surface area contributed by atoms with Gasteiger partial charge in [-0.25, -0.2) is 0 Å². The average Bonchev–Trinajstić information content (AvgIpc) is 2.79. The van der Waals surface area contributed by atoms with Crippen molar-refractivity contribution >= 4 is 12.4 Å². The van der Waals surface area contributed by atoms with Crippen LogP contribution in [0, 0.1) is 0 Å². The van der Waals surface area contributed by atoms with Crippen molar-refractivity contribution in [2.45, 2.75) is 50.6 Å². The molecular weight excluding hydrogens is 240 g/mol. The largest absolute Gasteiger partial charge is 0.395 e. The van der Waals surface area contributed by atoms with Gasteiger partial charge in [0.15, 0.2) is 0 Å². The van der Waals surface area contributed by atoms with E-state index in [0.717, 1.165) is 32.4 Å². The number of rotatable bonds is 8. The van der Waals surface area contributed by atoms with E-state index in [1.165, 1.54) is 12.8 Å². The monoisotopic (exact) mass is 266 g/mol. The van der Waals surface area contributed by atoms with Crippen LogP contribution in [0.5, 0.6) is 0 Å². The lowest BCUT2D eigenvalue weighted by molar-refractivity contribution is 0.163. The summed E-state index contributed by atoms with van der Waals surface area (Å²) in [6, 6.07) is 0.204. The summed E-state index contributed by atoms with van der Waals surface area (Å²) >= 11 is 0. The molecule has 1 aliphatic rings. The third-order valence-corrected chi connectivity index (χ3v) is 3.63. The quantitative estimate of drug-likeness (QED) is 0.488. The summed E-state index contributed by atoms with van der Waals surface area (Å²) in [6.07, 6.45) is 5.55. The predicted octanol–water partition coefficient (Wildman–Crippen LogP) is 0.663. The van der Waals surface area contributed by atoms with Gasteiger partial charge < -0.3 is 20.8 Å². The van der Waals surface area contributed by atoms with Crippen LogP contribution in [0.15, 0.2) is 0 Å². The Morgan fingerprint density at radius 1 is 1.18 bits per heavy atom. The van der Waals surface area contributed by atoms with E-state index < -0.39 is 0 Å². The van der Waals surface area contributed by atoms with E-state index in [0.29, 0.717) is 0 Å². The number of halogens is 1. The maximum absolute atomic E-state index is 9.39. The lowest BCUT2D eigenvalue weighted by Gasteiger charge is -2.28. The summed E-state index contributed by atoms with van der Waals surface area (Å²) in [4.78, 5) is 0. The molecule has 1 aliphatic carbocycles. The highest BCUT2D eigenvalue weighted by molar-refractivity contribution is 5.85. The molecule has 4 N–H and O–H groups in total. The van der Waals surface area contributed by atoms with Gasteiger partial charge >= 0.3 is 0 Å². The molecule has 1 rings (SSSR count). The molecule has 0 bridgehead atoms. The van der Waals surface area contributed by atoms with Gasteiger partial charge in [0.25, 0.3) is 0 Å². The van der Waals surface area contributed by atoms with E-state index >= 15 is 0 Å². The lowest BCUT2D eigenvalue weighted by Crippen LogP contribution is -2.49. The SMILES string of the molecule is CC[C@@H](CO)NCCNC1(CO)CCCC1.Cl. The molecule has 4 nitrogen and oxygen atoms in total. The molecule has 0 aliphatic heterocycles. The highest BCUT2D eigenvalue weighted by Gasteiger charge is 2.31. The maximum atomic E-state index is 9.39. The van der Waals surface area contributed by atoms with Gasteiger partial charge in [-0.1, -0.05) is 19.8 Å². The standard InChI is InChI=1S/C12H26N2O2.ClH/c1-2-11(9-15)13-7-8-14-12(10-16)5-3-4-6-12;/h11,13-16H,2-10H2,1H3;1H/t11-;/m0./s1. The van der Waals surface area contributed by atoms with Crippen LogP contribution in [0.2, 0.25) is 0 Å². The van der Waals surface area contributed by atoms with E-state index in [1.807, 2.05) is 0 Å². The molecule has 5 heteroatoms. The summed E-state index contributed by atoms with van der Waals surface area (Å²) in [5.74, 6) is 0. The van der Waals surface area contributed by atoms with Gasteiger partial charge in [0.2, 0.25) is 0 Å². The molecule has 0 aromatic rings. The second-order valence-electron chi connectivity index (χ2n) is 4.81. The zero-order chi connectivity index (χ0) is 11.9. The molecule has 1 fully saturated rings. The molecule has 0 heterocycles. The molecule has 0 saturated heterocycles. The Hall–Kier alpha value is 0.130. The average molecular weight is 267 g/mol. The van der Waals surface area contributed by atoms with Crippen molar-refractivity contribution in [1.29, 1.82) is 0 Å². The molecule has 17 heavy (non-hydrogen) atoms. The Bertz CT molecular complexity index is 183. The molecule has 0 amide bonds. The fourth-order valence-corrected chi connectivity index (χ4v) is 2.38. The smallest absolute Gasteiger partial charge is 0.0613 e. The summed E-state index contributed by atoms with van der Waals surface area (Å²) in [6.45, 7) is 4.21. The summed E-state index contributed by atoms with van der Waals surface area (Å²) in [5, 5.41) is 25.1. The van der Waals surface area contributed by atoms with E-state index in [1.54, 1.807) is 0 Å². The second-order valence-corrected chi connectivity index (χ2v) is 4.81. The Morgan fingerprint density at radius 2 is 1.82 bits per heavy atom. The van der Waals surface area contributed by atoms with Crippen LogP contribution in [0.3, 0.4) is 0 Å². The molecule has 0 radical (unpaired) electrons. The Kier molecular flexibility index (Phi) is 9.18. The first-order valence-electron chi connectivity index (χ1n) is 6.46. The molecule has 1 saturated carbocycles. The molecule has 104 valence electrons. The first kappa shape index (κ1) is 17.1. The van der Waals surface area contributed by atoms with Crippen molar-refractivity contribution in [3.63, 3.8) is 0 Å². The Labute approximate surface area is 111 Å². The van der Waals surface area contributed by atoms with Crippen molar-refractivity contribution in [2.75, 3.05) is 26.3 Å².